The van der Waals surface area contributed by atoms with Crippen LogP contribution < -0.4 is 0 Å². The highest BCUT2D eigenvalue weighted by Gasteiger charge is 2.13. The number of aromatic amines is 1. The predicted octanol–water partition coefficient (Wildman–Crippen LogP) is 1.83. The van der Waals surface area contributed by atoms with Crippen LogP contribution in [0.5, 0.6) is 0 Å². The van der Waals surface area contributed by atoms with Crippen molar-refractivity contribution in [3.05, 3.63) is 35.5 Å². The van der Waals surface area contributed by atoms with Crippen molar-refractivity contribution in [2.75, 3.05) is 7.11 Å². The quantitative estimate of drug-likeness (QED) is 0.714. The highest BCUT2D eigenvalue weighted by atomic mass is 16.5. The van der Waals surface area contributed by atoms with Gasteiger partial charge in [0.25, 0.3) is 0 Å². The van der Waals surface area contributed by atoms with Crippen molar-refractivity contribution in [2.45, 2.75) is 0 Å². The first-order valence-corrected chi connectivity index (χ1v) is 4.36. The number of ether oxygens (including phenoxy) is 1. The van der Waals surface area contributed by atoms with Gasteiger partial charge < -0.3 is 9.72 Å². The van der Waals surface area contributed by atoms with E-state index in [9.17, 15) is 4.79 Å². The molecule has 2 rings (SSSR count). The Morgan fingerprint density at radius 2 is 2.33 bits per heavy atom. The van der Waals surface area contributed by atoms with Gasteiger partial charge in [-0.3, -0.25) is 0 Å². The van der Waals surface area contributed by atoms with E-state index in [4.69, 9.17) is 5.26 Å². The van der Waals surface area contributed by atoms with Gasteiger partial charge in [0.05, 0.1) is 18.2 Å². The second-order valence-corrected chi connectivity index (χ2v) is 3.07. The van der Waals surface area contributed by atoms with E-state index in [1.54, 1.807) is 18.3 Å². The minimum Gasteiger partial charge on any atom is -0.465 e. The summed E-state index contributed by atoms with van der Waals surface area (Å²) >= 11 is 0. The first kappa shape index (κ1) is 9.28. The van der Waals surface area contributed by atoms with E-state index in [1.807, 2.05) is 12.1 Å². The van der Waals surface area contributed by atoms with Gasteiger partial charge in [-0.1, -0.05) is 0 Å². The topological polar surface area (TPSA) is 65.9 Å². The molecule has 0 saturated heterocycles. The van der Waals surface area contributed by atoms with Gasteiger partial charge in [0, 0.05) is 17.1 Å². The van der Waals surface area contributed by atoms with Gasteiger partial charge >= 0.3 is 5.97 Å². The van der Waals surface area contributed by atoms with Crippen LogP contribution in [-0.2, 0) is 4.74 Å². The molecule has 0 aliphatic heterocycles. The average Bonchev–Trinajstić information content (AvgIpc) is 2.73. The van der Waals surface area contributed by atoms with E-state index in [2.05, 4.69) is 9.72 Å². The molecule has 0 spiro atoms. The Bertz CT molecular complexity index is 563. The third-order valence-corrected chi connectivity index (χ3v) is 2.22. The Balaban J connectivity index is 2.71. The number of methoxy groups -OCH3 is 1. The molecule has 0 aliphatic rings. The lowest BCUT2D eigenvalue weighted by Gasteiger charge is -2.01. The van der Waals surface area contributed by atoms with Crippen molar-refractivity contribution < 1.29 is 9.53 Å². The highest BCUT2D eigenvalue weighted by Crippen LogP contribution is 2.19. The third-order valence-electron chi connectivity index (χ3n) is 2.22. The number of aromatic nitrogens is 1. The van der Waals surface area contributed by atoms with Crippen molar-refractivity contribution in [1.82, 2.24) is 4.98 Å². The molecule has 15 heavy (non-hydrogen) atoms. The molecule has 4 nitrogen and oxygen atoms in total. The summed E-state index contributed by atoms with van der Waals surface area (Å²) in [6, 6.07) is 7.11. The van der Waals surface area contributed by atoms with Gasteiger partial charge in [-0.25, -0.2) is 4.79 Å². The SMILES string of the molecule is COC(=O)c1cc2[nH]ccc2cc1C#N. The molecular formula is C11H8N2O2. The van der Waals surface area contributed by atoms with E-state index < -0.39 is 5.97 Å². The Hall–Kier alpha value is -2.28. The monoisotopic (exact) mass is 200 g/mol. The smallest absolute Gasteiger partial charge is 0.339 e. The van der Waals surface area contributed by atoms with Crippen molar-refractivity contribution in [2.24, 2.45) is 0 Å². The fourth-order valence-corrected chi connectivity index (χ4v) is 1.47. The van der Waals surface area contributed by atoms with Crippen LogP contribution in [-0.4, -0.2) is 18.1 Å². The first-order chi connectivity index (χ1) is 7.26. The molecule has 1 aromatic heterocycles. The molecule has 0 fully saturated rings. The molecule has 1 aromatic carbocycles. The molecule has 1 heterocycles. The summed E-state index contributed by atoms with van der Waals surface area (Å²) in [7, 11) is 1.29. The van der Waals surface area contributed by atoms with Gasteiger partial charge in [0.15, 0.2) is 0 Å². The number of hydrogen-bond acceptors (Lipinski definition) is 3. The van der Waals surface area contributed by atoms with Crippen LogP contribution >= 0.6 is 0 Å². The summed E-state index contributed by atoms with van der Waals surface area (Å²) in [6.45, 7) is 0. The van der Waals surface area contributed by atoms with Crippen LogP contribution in [0, 0.1) is 11.3 Å². The Morgan fingerprint density at radius 1 is 1.53 bits per heavy atom. The summed E-state index contributed by atoms with van der Waals surface area (Å²) in [5.41, 5.74) is 1.43. The molecule has 1 N–H and O–H groups in total. The zero-order valence-corrected chi connectivity index (χ0v) is 8.07. The number of nitrogens with one attached hydrogen (secondary N) is 1. The third kappa shape index (κ3) is 1.44. The molecule has 4 heteroatoms. The minimum atomic E-state index is -0.497. The molecule has 0 unspecified atom stereocenters. The van der Waals surface area contributed by atoms with Crippen LogP contribution in [0.1, 0.15) is 15.9 Å². The van der Waals surface area contributed by atoms with Crippen LogP contribution in [0.4, 0.5) is 0 Å². The summed E-state index contributed by atoms with van der Waals surface area (Å²) in [5.74, 6) is -0.497. The number of H-pyrrole nitrogens is 1. The lowest BCUT2D eigenvalue weighted by atomic mass is 10.1. The number of esters is 1. The fraction of sp³-hybridized carbons (Fsp3) is 0.0909. The maximum Gasteiger partial charge on any atom is 0.339 e. The van der Waals surface area contributed by atoms with Crippen LogP contribution in [0.2, 0.25) is 0 Å². The van der Waals surface area contributed by atoms with Crippen molar-refractivity contribution >= 4 is 16.9 Å². The maximum absolute atomic E-state index is 11.4. The van der Waals surface area contributed by atoms with Crippen LogP contribution in [0.15, 0.2) is 24.4 Å². The number of carbonyl (C=O) groups excluding carboxylic acids is 1. The van der Waals surface area contributed by atoms with E-state index in [1.165, 1.54) is 7.11 Å². The number of nitriles is 1. The van der Waals surface area contributed by atoms with E-state index >= 15 is 0 Å². The second kappa shape index (κ2) is 3.46. The average molecular weight is 200 g/mol. The van der Waals surface area contributed by atoms with Crippen molar-refractivity contribution in [3.8, 4) is 6.07 Å². The highest BCUT2D eigenvalue weighted by molar-refractivity contribution is 5.97. The van der Waals surface area contributed by atoms with Gasteiger partial charge in [0.1, 0.15) is 6.07 Å². The zero-order chi connectivity index (χ0) is 10.8. The minimum absolute atomic E-state index is 0.287. The summed E-state index contributed by atoms with van der Waals surface area (Å²) in [5, 5.41) is 9.79. The lowest BCUT2D eigenvalue weighted by Crippen LogP contribution is -2.03. The lowest BCUT2D eigenvalue weighted by molar-refractivity contribution is 0.0600. The summed E-state index contributed by atoms with van der Waals surface area (Å²) in [6.07, 6.45) is 1.76. The first-order valence-electron chi connectivity index (χ1n) is 4.36. The second-order valence-electron chi connectivity index (χ2n) is 3.07. The number of hydrogen-bond donors (Lipinski definition) is 1. The molecule has 2 aromatic rings. The largest absolute Gasteiger partial charge is 0.465 e. The summed E-state index contributed by atoms with van der Waals surface area (Å²) in [4.78, 5) is 14.3. The fourth-order valence-electron chi connectivity index (χ4n) is 1.47. The molecule has 0 radical (unpaired) electrons. The normalized spacial score (nSPS) is 9.87. The Morgan fingerprint density at radius 3 is 3.00 bits per heavy atom. The standard InChI is InChI=1S/C11H8N2O2/c1-15-11(14)9-5-10-7(2-3-13-10)4-8(9)6-12/h2-5,13H,1H3. The molecular weight excluding hydrogens is 192 g/mol. The van der Waals surface area contributed by atoms with E-state index in [0.29, 0.717) is 5.56 Å². The number of benzene rings is 1. The molecule has 0 saturated carbocycles. The van der Waals surface area contributed by atoms with Crippen molar-refractivity contribution in [1.29, 1.82) is 5.26 Å². The van der Waals surface area contributed by atoms with Gasteiger partial charge in [0.2, 0.25) is 0 Å². The molecule has 0 aliphatic carbocycles. The molecule has 0 amide bonds. The molecule has 0 bridgehead atoms. The van der Waals surface area contributed by atoms with E-state index in [0.717, 1.165) is 10.9 Å². The molecule has 0 atom stereocenters. The maximum atomic E-state index is 11.4. The van der Waals surface area contributed by atoms with Gasteiger partial charge in [-0.15, -0.1) is 0 Å². The number of carbonyl (C=O) groups is 1. The van der Waals surface area contributed by atoms with Crippen LogP contribution in [0.25, 0.3) is 10.9 Å². The Labute approximate surface area is 86.1 Å². The van der Waals surface area contributed by atoms with Gasteiger partial charge in [-0.2, -0.15) is 5.26 Å². The number of fused-ring (bicyclic) bond motifs is 1. The van der Waals surface area contributed by atoms with Gasteiger partial charge in [-0.05, 0) is 18.2 Å². The number of nitrogens with zero attached hydrogens (tertiary/aromatic N) is 1. The molecule has 74 valence electrons. The zero-order valence-electron chi connectivity index (χ0n) is 8.07. The predicted molar refractivity (Wildman–Crippen MR) is 54.4 cm³/mol. The summed E-state index contributed by atoms with van der Waals surface area (Å²) < 4.78 is 4.60. The van der Waals surface area contributed by atoms with E-state index in [-0.39, 0.29) is 5.56 Å². The number of rotatable bonds is 1. The van der Waals surface area contributed by atoms with Crippen molar-refractivity contribution in [3.63, 3.8) is 0 Å². The Kier molecular flexibility index (Phi) is 2.14. The van der Waals surface area contributed by atoms with Crippen LogP contribution in [0.3, 0.4) is 0 Å².